The van der Waals surface area contributed by atoms with Crippen LogP contribution in [0.15, 0.2) is 29.3 Å². The van der Waals surface area contributed by atoms with E-state index in [0.717, 1.165) is 5.56 Å². The zero-order chi connectivity index (χ0) is 10.6. The fourth-order valence-corrected chi connectivity index (χ4v) is 1.70. The van der Waals surface area contributed by atoms with Crippen molar-refractivity contribution in [3.63, 3.8) is 0 Å². The number of nitrogens with zero attached hydrogens (tertiary/aromatic N) is 1. The molecule has 1 N–H and O–H groups in total. The molecular formula is C10H12FNOS. The number of hydrogen-bond donors (Lipinski definition) is 1. The Morgan fingerprint density at radius 1 is 1.43 bits per heavy atom. The molecule has 0 amide bonds. The van der Waals surface area contributed by atoms with Gasteiger partial charge in [0, 0.05) is 12.6 Å². The van der Waals surface area contributed by atoms with Gasteiger partial charge in [0.25, 0.3) is 0 Å². The molecule has 0 saturated carbocycles. The summed E-state index contributed by atoms with van der Waals surface area (Å²) in [6, 6.07) is 6.05. The molecule has 1 atom stereocenters. The van der Waals surface area contributed by atoms with Crippen LogP contribution in [0.1, 0.15) is 12.5 Å². The van der Waals surface area contributed by atoms with Crippen molar-refractivity contribution in [2.75, 3.05) is 7.05 Å². The van der Waals surface area contributed by atoms with E-state index in [0.29, 0.717) is 5.04 Å². The van der Waals surface area contributed by atoms with E-state index in [1.807, 2.05) is 0 Å². The first-order chi connectivity index (χ1) is 6.63. The number of halogens is 1. The summed E-state index contributed by atoms with van der Waals surface area (Å²) in [7, 11) is 1.65. The molecule has 0 aliphatic heterocycles. The number of benzene rings is 1. The van der Waals surface area contributed by atoms with Crippen LogP contribution in [0.3, 0.4) is 0 Å². The first-order valence-corrected chi connectivity index (χ1v) is 5.09. The van der Waals surface area contributed by atoms with Gasteiger partial charge in [-0.3, -0.25) is 4.99 Å². The van der Waals surface area contributed by atoms with E-state index in [-0.39, 0.29) is 5.82 Å². The summed E-state index contributed by atoms with van der Waals surface area (Å²) in [5, 5.41) is 9.89. The van der Waals surface area contributed by atoms with Crippen molar-refractivity contribution in [1.82, 2.24) is 0 Å². The van der Waals surface area contributed by atoms with Crippen molar-refractivity contribution in [3.05, 3.63) is 35.6 Å². The lowest BCUT2D eigenvalue weighted by molar-refractivity contribution is 0.285. The van der Waals surface area contributed by atoms with E-state index in [2.05, 4.69) is 4.99 Å². The molecular weight excluding hydrogens is 201 g/mol. The molecule has 0 radical (unpaired) electrons. The van der Waals surface area contributed by atoms with Crippen molar-refractivity contribution in [1.29, 1.82) is 0 Å². The number of aliphatic hydroxyl groups excluding tert-OH is 1. The molecule has 1 unspecified atom stereocenters. The van der Waals surface area contributed by atoms with Gasteiger partial charge in [-0.1, -0.05) is 11.8 Å². The third kappa shape index (κ3) is 3.12. The number of thioether (sulfide) groups is 1. The summed E-state index contributed by atoms with van der Waals surface area (Å²) in [6.07, 6.45) is 0. The fourth-order valence-electron chi connectivity index (χ4n) is 1.00. The van der Waals surface area contributed by atoms with Gasteiger partial charge in [-0.15, -0.1) is 0 Å². The van der Waals surface area contributed by atoms with Crippen molar-refractivity contribution in [2.45, 2.75) is 12.4 Å². The topological polar surface area (TPSA) is 32.6 Å². The molecule has 0 saturated heterocycles. The summed E-state index contributed by atoms with van der Waals surface area (Å²) in [4.78, 5) is 4.03. The Kier molecular flexibility index (Phi) is 4.10. The highest BCUT2D eigenvalue weighted by atomic mass is 32.2. The monoisotopic (exact) mass is 213 g/mol. The van der Waals surface area contributed by atoms with Gasteiger partial charge in [0.15, 0.2) is 0 Å². The minimum Gasteiger partial charge on any atom is -0.382 e. The van der Waals surface area contributed by atoms with Gasteiger partial charge in [0.1, 0.15) is 11.3 Å². The van der Waals surface area contributed by atoms with Crippen LogP contribution in [-0.4, -0.2) is 22.6 Å². The highest BCUT2D eigenvalue weighted by Gasteiger charge is 2.06. The fraction of sp³-hybridized carbons (Fsp3) is 0.300. The highest BCUT2D eigenvalue weighted by molar-refractivity contribution is 8.14. The maximum absolute atomic E-state index is 12.6. The van der Waals surface area contributed by atoms with Gasteiger partial charge in [0.05, 0.1) is 5.04 Å². The van der Waals surface area contributed by atoms with Crippen LogP contribution in [0.2, 0.25) is 0 Å². The number of hydrogen-bond acceptors (Lipinski definition) is 3. The van der Waals surface area contributed by atoms with E-state index < -0.39 is 5.44 Å². The molecule has 0 aromatic heterocycles. The van der Waals surface area contributed by atoms with Crippen LogP contribution in [0.5, 0.6) is 0 Å². The van der Waals surface area contributed by atoms with Crippen LogP contribution in [0.4, 0.5) is 4.39 Å². The Morgan fingerprint density at radius 2 is 2.00 bits per heavy atom. The summed E-state index contributed by atoms with van der Waals surface area (Å²) < 4.78 is 12.6. The lowest BCUT2D eigenvalue weighted by atomic mass is 10.2. The van der Waals surface area contributed by atoms with E-state index >= 15 is 0 Å². The number of aliphatic hydroxyl groups is 1. The molecule has 1 aromatic rings. The summed E-state index contributed by atoms with van der Waals surface area (Å²) in [6.45, 7) is 1.67. The molecule has 1 rings (SSSR count). The normalized spacial score (nSPS) is 14.1. The molecule has 0 aliphatic carbocycles. The molecule has 4 heteroatoms. The van der Waals surface area contributed by atoms with Crippen LogP contribution in [0, 0.1) is 5.82 Å². The van der Waals surface area contributed by atoms with E-state index in [9.17, 15) is 9.50 Å². The molecule has 1 aromatic carbocycles. The first-order valence-electron chi connectivity index (χ1n) is 4.21. The predicted molar refractivity (Wildman–Crippen MR) is 58.1 cm³/mol. The van der Waals surface area contributed by atoms with Crippen molar-refractivity contribution < 1.29 is 9.50 Å². The molecule has 2 nitrogen and oxygen atoms in total. The summed E-state index contributed by atoms with van der Waals surface area (Å²) in [5.74, 6) is -0.272. The SMILES string of the molecule is CN=C(SC(C)O)c1ccc(F)cc1. The Labute approximate surface area is 86.9 Å². The minimum absolute atomic E-state index is 0.272. The summed E-state index contributed by atoms with van der Waals surface area (Å²) in [5.41, 5.74) is 0.304. The first kappa shape index (κ1) is 11.2. The Hall–Kier alpha value is -0.870. The average Bonchev–Trinajstić information content (AvgIpc) is 2.15. The minimum atomic E-state index is -0.515. The van der Waals surface area contributed by atoms with E-state index in [1.165, 1.54) is 23.9 Å². The molecule has 14 heavy (non-hydrogen) atoms. The van der Waals surface area contributed by atoms with Gasteiger partial charge < -0.3 is 5.11 Å². The average molecular weight is 213 g/mol. The quantitative estimate of drug-likeness (QED) is 0.464. The van der Waals surface area contributed by atoms with Crippen molar-refractivity contribution in [3.8, 4) is 0 Å². The molecule has 76 valence electrons. The van der Waals surface area contributed by atoms with Gasteiger partial charge in [-0.05, 0) is 31.2 Å². The second-order valence-corrected chi connectivity index (χ2v) is 4.06. The molecule has 0 aliphatic rings. The molecule has 0 bridgehead atoms. The maximum atomic E-state index is 12.6. The van der Waals surface area contributed by atoms with Crippen LogP contribution < -0.4 is 0 Å². The van der Waals surface area contributed by atoms with Gasteiger partial charge in [0.2, 0.25) is 0 Å². The van der Waals surface area contributed by atoms with Crippen LogP contribution >= 0.6 is 11.8 Å². The maximum Gasteiger partial charge on any atom is 0.123 e. The van der Waals surface area contributed by atoms with Gasteiger partial charge in [-0.25, -0.2) is 4.39 Å². The second-order valence-electron chi connectivity index (χ2n) is 2.75. The van der Waals surface area contributed by atoms with Gasteiger partial charge in [-0.2, -0.15) is 0 Å². The Bertz CT molecular complexity index is 321. The zero-order valence-electron chi connectivity index (χ0n) is 8.07. The Balaban J connectivity index is 2.85. The van der Waals surface area contributed by atoms with Gasteiger partial charge >= 0.3 is 0 Å². The molecule has 0 spiro atoms. The highest BCUT2D eigenvalue weighted by Crippen LogP contribution is 2.17. The van der Waals surface area contributed by atoms with Crippen molar-refractivity contribution in [2.24, 2.45) is 4.99 Å². The Morgan fingerprint density at radius 3 is 2.43 bits per heavy atom. The molecule has 0 fully saturated rings. The van der Waals surface area contributed by atoms with Crippen molar-refractivity contribution >= 4 is 16.8 Å². The number of rotatable bonds is 2. The molecule has 0 heterocycles. The number of aliphatic imine (C=N–C) groups is 1. The van der Waals surface area contributed by atoms with Crippen LogP contribution in [-0.2, 0) is 0 Å². The zero-order valence-corrected chi connectivity index (χ0v) is 8.88. The summed E-state index contributed by atoms with van der Waals surface area (Å²) >= 11 is 1.24. The largest absolute Gasteiger partial charge is 0.382 e. The smallest absolute Gasteiger partial charge is 0.123 e. The van der Waals surface area contributed by atoms with Crippen LogP contribution in [0.25, 0.3) is 0 Å². The third-order valence-electron chi connectivity index (χ3n) is 1.58. The lowest BCUT2D eigenvalue weighted by Gasteiger charge is -2.07. The lowest BCUT2D eigenvalue weighted by Crippen LogP contribution is -2.02. The standard InChI is InChI=1S/C10H12FNOS/c1-7(13)14-10(12-2)8-3-5-9(11)6-4-8/h3-7,13H,1-2H3. The van der Waals surface area contributed by atoms with E-state index in [1.54, 1.807) is 26.1 Å². The predicted octanol–water partition coefficient (Wildman–Crippen LogP) is 2.27. The van der Waals surface area contributed by atoms with E-state index in [4.69, 9.17) is 0 Å². The third-order valence-corrected chi connectivity index (χ3v) is 2.56. The second kappa shape index (κ2) is 5.12.